The summed E-state index contributed by atoms with van der Waals surface area (Å²) < 4.78 is 24.4. The summed E-state index contributed by atoms with van der Waals surface area (Å²) in [5.74, 6) is -1.69. The number of nitrogens with zero attached hydrogens (tertiary/aromatic N) is 2. The highest BCUT2D eigenvalue weighted by Crippen LogP contribution is 2.28. The number of fused-ring (bicyclic) bond motifs is 1. The Morgan fingerprint density at radius 1 is 1.50 bits per heavy atom. The Morgan fingerprint density at radius 3 is 2.86 bits per heavy atom. The first kappa shape index (κ1) is 8.86. The lowest BCUT2D eigenvalue weighted by Crippen LogP contribution is -2.26. The van der Waals surface area contributed by atoms with Crippen molar-refractivity contribution in [3.8, 4) is 0 Å². The topological polar surface area (TPSA) is 99.6 Å². The molecule has 1 aliphatic heterocycles. The maximum absolute atomic E-state index is 11.3. The van der Waals surface area contributed by atoms with Crippen molar-refractivity contribution in [1.82, 2.24) is 4.72 Å². The molecule has 1 amide bonds. The van der Waals surface area contributed by atoms with Gasteiger partial charge in [-0.05, 0) is 6.08 Å². The van der Waals surface area contributed by atoms with Gasteiger partial charge < -0.3 is 5.53 Å². The third-order valence-corrected chi connectivity index (χ3v) is 3.49. The normalized spacial score (nSPS) is 27.7. The van der Waals surface area contributed by atoms with Gasteiger partial charge in [-0.3, -0.25) is 4.79 Å². The smallest absolute Gasteiger partial charge is 0.309 e. The van der Waals surface area contributed by atoms with Crippen LogP contribution in [0.15, 0.2) is 23.1 Å². The molecule has 1 unspecified atom stereocenters. The molecule has 0 radical (unpaired) electrons. The van der Waals surface area contributed by atoms with E-state index in [1.165, 1.54) is 18.2 Å². The van der Waals surface area contributed by atoms with Gasteiger partial charge in [-0.15, -0.1) is 0 Å². The van der Waals surface area contributed by atoms with Gasteiger partial charge in [0.05, 0.1) is 4.91 Å². The molecule has 14 heavy (non-hydrogen) atoms. The lowest BCUT2D eigenvalue weighted by atomic mass is 9.98. The van der Waals surface area contributed by atoms with Crippen LogP contribution in [0.1, 0.15) is 0 Å². The molecule has 0 spiro atoms. The molecule has 1 saturated heterocycles. The maximum atomic E-state index is 11.3. The Labute approximate surface area is 79.6 Å². The zero-order chi connectivity index (χ0) is 10.3. The molecule has 2 rings (SSSR count). The Kier molecular flexibility index (Phi) is 1.67. The molecule has 1 N–H and O–H groups in total. The molecule has 0 aromatic rings. The average molecular weight is 211 g/mol. The molecule has 0 saturated carbocycles. The largest absolute Gasteiger partial charge is 0.361 e. The number of nitrogens with one attached hydrogen (secondary N) is 1. The Morgan fingerprint density at radius 2 is 2.21 bits per heavy atom. The van der Waals surface area contributed by atoms with Crippen molar-refractivity contribution in [2.75, 3.05) is 0 Å². The van der Waals surface area contributed by atoms with Crippen LogP contribution in [0.3, 0.4) is 0 Å². The quantitative estimate of drug-likeness (QED) is 0.418. The summed E-state index contributed by atoms with van der Waals surface area (Å²) in [5, 5.41) is 0. The summed E-state index contributed by atoms with van der Waals surface area (Å²) in [6, 6.07) is 0. The third-order valence-electron chi connectivity index (χ3n) is 2.03. The van der Waals surface area contributed by atoms with Gasteiger partial charge in [0.15, 0.2) is 5.92 Å². The first-order chi connectivity index (χ1) is 6.56. The van der Waals surface area contributed by atoms with Crippen LogP contribution in [0, 0.1) is 5.92 Å². The Hall–Kier alpha value is -1.72. The van der Waals surface area contributed by atoms with Crippen molar-refractivity contribution in [2.24, 2.45) is 5.92 Å². The molecule has 1 heterocycles. The SMILES string of the molecule is [N-]=[N+]=C1C=CC=C2C1C(=O)NS2(=O)=O. The first-order valence-electron chi connectivity index (χ1n) is 3.73. The first-order valence-corrected chi connectivity index (χ1v) is 5.21. The second kappa shape index (κ2) is 2.63. The molecular formula is C7H5N3O3S. The molecule has 0 aromatic heterocycles. The fourth-order valence-corrected chi connectivity index (χ4v) is 2.73. The molecule has 72 valence electrons. The van der Waals surface area contributed by atoms with Crippen LogP contribution in [0.25, 0.3) is 5.53 Å². The predicted molar refractivity (Wildman–Crippen MR) is 46.4 cm³/mol. The van der Waals surface area contributed by atoms with E-state index in [-0.39, 0.29) is 10.6 Å². The summed E-state index contributed by atoms with van der Waals surface area (Å²) in [5.41, 5.74) is 8.59. The van der Waals surface area contributed by atoms with Gasteiger partial charge in [0.25, 0.3) is 15.9 Å². The van der Waals surface area contributed by atoms with Crippen LogP contribution in [0.5, 0.6) is 0 Å². The molecule has 1 aliphatic carbocycles. The van der Waals surface area contributed by atoms with E-state index in [0.29, 0.717) is 0 Å². The highest BCUT2D eigenvalue weighted by Gasteiger charge is 2.48. The van der Waals surface area contributed by atoms with Gasteiger partial charge in [0.1, 0.15) is 0 Å². The summed E-state index contributed by atoms with van der Waals surface area (Å²) in [7, 11) is -3.72. The summed E-state index contributed by atoms with van der Waals surface area (Å²) in [6.45, 7) is 0. The van der Waals surface area contributed by atoms with Gasteiger partial charge in [-0.25, -0.2) is 13.1 Å². The number of rotatable bonds is 0. The highest BCUT2D eigenvalue weighted by molar-refractivity contribution is 7.94. The van der Waals surface area contributed by atoms with E-state index in [1.807, 2.05) is 4.72 Å². The second-order valence-corrected chi connectivity index (χ2v) is 4.54. The number of hydrogen-bond acceptors (Lipinski definition) is 3. The Bertz CT molecular complexity index is 522. The Balaban J connectivity index is 2.68. The molecule has 1 fully saturated rings. The molecular weight excluding hydrogens is 206 g/mol. The predicted octanol–water partition coefficient (Wildman–Crippen LogP) is -0.813. The van der Waals surface area contributed by atoms with Gasteiger partial charge >= 0.3 is 5.71 Å². The molecule has 2 aliphatic rings. The lowest BCUT2D eigenvalue weighted by Gasteiger charge is -2.02. The zero-order valence-electron chi connectivity index (χ0n) is 6.84. The van der Waals surface area contributed by atoms with E-state index >= 15 is 0 Å². The van der Waals surface area contributed by atoms with E-state index < -0.39 is 21.8 Å². The lowest BCUT2D eigenvalue weighted by molar-refractivity contribution is -0.120. The van der Waals surface area contributed by atoms with Crippen molar-refractivity contribution in [3.05, 3.63) is 28.7 Å². The van der Waals surface area contributed by atoms with Gasteiger partial charge in [0.2, 0.25) is 0 Å². The molecule has 0 aromatic carbocycles. The molecule has 6 nitrogen and oxygen atoms in total. The van der Waals surface area contributed by atoms with E-state index in [9.17, 15) is 13.2 Å². The van der Waals surface area contributed by atoms with Crippen molar-refractivity contribution in [2.45, 2.75) is 0 Å². The number of amides is 1. The zero-order valence-corrected chi connectivity index (χ0v) is 7.65. The minimum Gasteiger partial charge on any atom is -0.361 e. The van der Waals surface area contributed by atoms with Gasteiger partial charge in [0, 0.05) is 6.08 Å². The monoisotopic (exact) mass is 211 g/mol. The van der Waals surface area contributed by atoms with Crippen molar-refractivity contribution in [3.63, 3.8) is 0 Å². The van der Waals surface area contributed by atoms with Crippen LogP contribution in [-0.4, -0.2) is 24.8 Å². The summed E-state index contributed by atoms with van der Waals surface area (Å²) in [6.07, 6.45) is 4.11. The van der Waals surface area contributed by atoms with Crippen LogP contribution in [0.4, 0.5) is 0 Å². The fourth-order valence-electron chi connectivity index (χ4n) is 1.43. The number of sulfonamides is 1. The number of hydrogen-bond donors (Lipinski definition) is 1. The average Bonchev–Trinajstić information content (AvgIpc) is 2.38. The minimum atomic E-state index is -3.72. The fraction of sp³-hybridized carbons (Fsp3) is 0.143. The highest BCUT2D eigenvalue weighted by atomic mass is 32.2. The van der Waals surface area contributed by atoms with E-state index in [1.54, 1.807) is 0 Å². The van der Waals surface area contributed by atoms with Crippen LogP contribution >= 0.6 is 0 Å². The van der Waals surface area contributed by atoms with E-state index in [2.05, 4.69) is 4.79 Å². The van der Waals surface area contributed by atoms with Crippen molar-refractivity contribution in [1.29, 1.82) is 0 Å². The van der Waals surface area contributed by atoms with Gasteiger partial charge in [-0.1, -0.05) is 6.08 Å². The standard InChI is InChI=1S/C7H5N3O3S/c8-9-4-2-1-3-5-6(4)7(11)10-14(5,12)13/h1-3,6H,(H,10,11). The summed E-state index contributed by atoms with van der Waals surface area (Å²) >= 11 is 0. The van der Waals surface area contributed by atoms with Crippen LogP contribution in [-0.2, 0) is 14.8 Å². The maximum Gasteiger partial charge on any atom is 0.309 e. The van der Waals surface area contributed by atoms with Crippen molar-refractivity contribution < 1.29 is 18.0 Å². The van der Waals surface area contributed by atoms with E-state index in [4.69, 9.17) is 5.53 Å². The van der Waals surface area contributed by atoms with Gasteiger partial charge in [-0.2, -0.15) is 4.79 Å². The molecule has 0 bridgehead atoms. The second-order valence-electron chi connectivity index (χ2n) is 2.86. The third kappa shape index (κ3) is 1.03. The van der Waals surface area contributed by atoms with Crippen molar-refractivity contribution >= 4 is 21.6 Å². The van der Waals surface area contributed by atoms with E-state index in [0.717, 1.165) is 0 Å². The number of allylic oxidation sites excluding steroid dienone is 3. The number of carbonyl (C=O) groups excluding carboxylic acids is 1. The molecule has 1 atom stereocenters. The minimum absolute atomic E-state index is 0.0288. The summed E-state index contributed by atoms with van der Waals surface area (Å²) in [4.78, 5) is 14.0. The van der Waals surface area contributed by atoms with Crippen LogP contribution in [0.2, 0.25) is 0 Å². The number of carbonyl (C=O) groups is 1. The van der Waals surface area contributed by atoms with Crippen LogP contribution < -0.4 is 4.72 Å². The molecule has 7 heteroatoms.